The Balaban J connectivity index is 1.33. The van der Waals surface area contributed by atoms with Crippen molar-refractivity contribution >= 4 is 5.96 Å². The van der Waals surface area contributed by atoms with Crippen LogP contribution in [-0.2, 0) is 16.0 Å². The summed E-state index contributed by atoms with van der Waals surface area (Å²) in [5.41, 5.74) is 0.995. The van der Waals surface area contributed by atoms with Crippen LogP contribution in [0.4, 0.5) is 0 Å². The SMILES string of the molecule is CCNC(=NCCCOCC1CCOCC1)N1CCN(Cc2ccon2)CC1. The molecule has 2 aliphatic heterocycles. The van der Waals surface area contributed by atoms with E-state index >= 15 is 0 Å². The smallest absolute Gasteiger partial charge is 0.194 e. The van der Waals surface area contributed by atoms with Crippen molar-refractivity contribution in [1.29, 1.82) is 0 Å². The molecule has 8 nitrogen and oxygen atoms in total. The zero-order valence-corrected chi connectivity index (χ0v) is 17.1. The Kier molecular flexibility index (Phi) is 9.06. The molecule has 1 aromatic rings. The van der Waals surface area contributed by atoms with Crippen molar-refractivity contribution in [2.24, 2.45) is 10.9 Å². The van der Waals surface area contributed by atoms with Crippen molar-refractivity contribution < 1.29 is 14.0 Å². The van der Waals surface area contributed by atoms with Gasteiger partial charge in [0.2, 0.25) is 0 Å². The number of ether oxygens (including phenoxy) is 2. The van der Waals surface area contributed by atoms with Crippen LogP contribution in [0.5, 0.6) is 0 Å². The number of nitrogens with zero attached hydrogens (tertiary/aromatic N) is 4. The minimum absolute atomic E-state index is 0.670. The van der Waals surface area contributed by atoms with Crippen LogP contribution in [0.3, 0.4) is 0 Å². The first-order valence-corrected chi connectivity index (χ1v) is 10.7. The van der Waals surface area contributed by atoms with E-state index in [0.717, 1.165) is 103 Å². The van der Waals surface area contributed by atoms with Gasteiger partial charge in [0, 0.05) is 78.3 Å². The number of hydrogen-bond acceptors (Lipinski definition) is 6. The van der Waals surface area contributed by atoms with Crippen molar-refractivity contribution in [2.75, 3.05) is 65.7 Å². The van der Waals surface area contributed by atoms with Crippen molar-refractivity contribution in [3.8, 4) is 0 Å². The number of guanidine groups is 1. The van der Waals surface area contributed by atoms with Crippen molar-refractivity contribution in [1.82, 2.24) is 20.3 Å². The third-order valence-electron chi connectivity index (χ3n) is 5.29. The van der Waals surface area contributed by atoms with Crippen molar-refractivity contribution in [3.05, 3.63) is 18.0 Å². The number of aromatic nitrogens is 1. The summed E-state index contributed by atoms with van der Waals surface area (Å²) in [6.45, 7) is 12.0. The van der Waals surface area contributed by atoms with Crippen LogP contribution in [-0.4, -0.2) is 86.6 Å². The largest absolute Gasteiger partial charge is 0.381 e. The third kappa shape index (κ3) is 7.07. The number of aliphatic imine (C=N–C) groups is 1. The molecule has 0 amide bonds. The standard InChI is InChI=1S/C20H35N5O3/c1-2-21-20(22-7-3-12-27-17-18-4-13-26-14-5-18)25-10-8-24(9-11-25)16-19-6-15-28-23-19/h6,15,18H,2-5,7-14,16-17H2,1H3,(H,21,22). The van der Waals surface area contributed by atoms with Gasteiger partial charge in [-0.3, -0.25) is 9.89 Å². The van der Waals surface area contributed by atoms with Gasteiger partial charge < -0.3 is 24.2 Å². The van der Waals surface area contributed by atoms with Crippen molar-refractivity contribution in [3.63, 3.8) is 0 Å². The summed E-state index contributed by atoms with van der Waals surface area (Å²) in [7, 11) is 0. The summed E-state index contributed by atoms with van der Waals surface area (Å²) in [6.07, 6.45) is 4.86. The van der Waals surface area contributed by atoms with Crippen LogP contribution >= 0.6 is 0 Å². The molecule has 3 rings (SSSR count). The molecule has 0 bridgehead atoms. The molecule has 2 fully saturated rings. The van der Waals surface area contributed by atoms with Crippen molar-refractivity contribution in [2.45, 2.75) is 32.7 Å². The second-order valence-corrected chi connectivity index (χ2v) is 7.47. The summed E-state index contributed by atoms with van der Waals surface area (Å²) in [5.74, 6) is 1.69. The Morgan fingerprint density at radius 3 is 2.82 bits per heavy atom. The van der Waals surface area contributed by atoms with Gasteiger partial charge in [0.25, 0.3) is 0 Å². The molecule has 0 atom stereocenters. The normalized spacial score (nSPS) is 19.9. The first kappa shape index (κ1) is 21.1. The maximum atomic E-state index is 5.85. The van der Waals surface area contributed by atoms with E-state index in [0.29, 0.717) is 5.92 Å². The molecule has 2 saturated heterocycles. The molecule has 3 heterocycles. The highest BCUT2D eigenvalue weighted by Crippen LogP contribution is 2.14. The minimum Gasteiger partial charge on any atom is -0.381 e. The van der Waals surface area contributed by atoms with Gasteiger partial charge in [0.1, 0.15) is 6.26 Å². The van der Waals surface area contributed by atoms with Gasteiger partial charge in [-0.05, 0) is 32.1 Å². The molecule has 0 saturated carbocycles. The first-order valence-electron chi connectivity index (χ1n) is 10.7. The molecule has 1 aromatic heterocycles. The van der Waals surface area contributed by atoms with E-state index in [4.69, 9.17) is 19.0 Å². The molecule has 0 radical (unpaired) electrons. The van der Waals surface area contributed by atoms with E-state index in [1.54, 1.807) is 6.26 Å². The molecule has 158 valence electrons. The molecule has 1 N–H and O–H groups in total. The van der Waals surface area contributed by atoms with Gasteiger partial charge in [0.15, 0.2) is 5.96 Å². The number of rotatable bonds is 9. The van der Waals surface area contributed by atoms with E-state index in [1.165, 1.54) is 0 Å². The quantitative estimate of drug-likeness (QED) is 0.388. The molecule has 0 aliphatic carbocycles. The Hall–Kier alpha value is -1.64. The average molecular weight is 394 g/mol. The summed E-state index contributed by atoms with van der Waals surface area (Å²) < 4.78 is 16.2. The van der Waals surface area contributed by atoms with Gasteiger partial charge in [-0.2, -0.15) is 0 Å². The Morgan fingerprint density at radius 2 is 2.11 bits per heavy atom. The molecule has 0 unspecified atom stereocenters. The highest BCUT2D eigenvalue weighted by Gasteiger charge is 2.20. The lowest BCUT2D eigenvalue weighted by Gasteiger charge is -2.36. The predicted octanol–water partition coefficient (Wildman–Crippen LogP) is 1.59. The number of nitrogens with one attached hydrogen (secondary N) is 1. The lowest BCUT2D eigenvalue weighted by atomic mass is 10.0. The van der Waals surface area contributed by atoms with Crippen LogP contribution in [0.2, 0.25) is 0 Å². The zero-order valence-electron chi connectivity index (χ0n) is 17.1. The molecule has 0 aromatic carbocycles. The van der Waals surface area contributed by atoms with Gasteiger partial charge in [-0.15, -0.1) is 0 Å². The Labute approximate surface area is 168 Å². The van der Waals surface area contributed by atoms with Gasteiger partial charge in [-0.1, -0.05) is 5.16 Å². The lowest BCUT2D eigenvalue weighted by molar-refractivity contribution is 0.0205. The molecule has 0 spiro atoms. The summed E-state index contributed by atoms with van der Waals surface area (Å²) >= 11 is 0. The van der Waals surface area contributed by atoms with Gasteiger partial charge in [0.05, 0.1) is 5.69 Å². The molecule has 2 aliphatic rings. The third-order valence-corrected chi connectivity index (χ3v) is 5.29. The van der Waals surface area contributed by atoms with Crippen LogP contribution in [0.1, 0.15) is 31.9 Å². The van der Waals surface area contributed by atoms with E-state index in [1.807, 2.05) is 6.07 Å². The van der Waals surface area contributed by atoms with Gasteiger partial charge in [-0.25, -0.2) is 0 Å². The van der Waals surface area contributed by atoms with E-state index in [2.05, 4.69) is 27.2 Å². The van der Waals surface area contributed by atoms with Crippen LogP contribution in [0, 0.1) is 5.92 Å². The van der Waals surface area contributed by atoms with Crippen LogP contribution in [0.15, 0.2) is 21.8 Å². The highest BCUT2D eigenvalue weighted by molar-refractivity contribution is 5.80. The predicted molar refractivity (Wildman–Crippen MR) is 108 cm³/mol. The monoisotopic (exact) mass is 393 g/mol. The molecule has 8 heteroatoms. The summed E-state index contributed by atoms with van der Waals surface area (Å²) in [6, 6.07) is 1.93. The molecular formula is C20H35N5O3. The Bertz CT molecular complexity index is 552. The number of hydrogen-bond donors (Lipinski definition) is 1. The topological polar surface area (TPSA) is 75.4 Å². The fraction of sp³-hybridized carbons (Fsp3) is 0.800. The summed E-state index contributed by atoms with van der Waals surface area (Å²) in [5, 5.41) is 7.43. The van der Waals surface area contributed by atoms with Crippen LogP contribution < -0.4 is 5.32 Å². The van der Waals surface area contributed by atoms with Crippen LogP contribution in [0.25, 0.3) is 0 Å². The zero-order chi connectivity index (χ0) is 19.4. The maximum absolute atomic E-state index is 5.85. The minimum atomic E-state index is 0.670. The summed E-state index contributed by atoms with van der Waals surface area (Å²) in [4.78, 5) is 9.57. The molecular weight excluding hydrogens is 358 g/mol. The van der Waals surface area contributed by atoms with E-state index in [-0.39, 0.29) is 0 Å². The first-order chi connectivity index (χ1) is 13.8. The fourth-order valence-electron chi connectivity index (χ4n) is 3.61. The molecule has 28 heavy (non-hydrogen) atoms. The fourth-order valence-corrected chi connectivity index (χ4v) is 3.61. The Morgan fingerprint density at radius 1 is 1.29 bits per heavy atom. The second kappa shape index (κ2) is 12.0. The average Bonchev–Trinajstić information content (AvgIpc) is 3.24. The van der Waals surface area contributed by atoms with E-state index < -0.39 is 0 Å². The maximum Gasteiger partial charge on any atom is 0.194 e. The van der Waals surface area contributed by atoms with E-state index in [9.17, 15) is 0 Å². The number of piperazine rings is 1. The second-order valence-electron chi connectivity index (χ2n) is 7.47. The lowest BCUT2D eigenvalue weighted by Crippen LogP contribution is -2.52. The highest BCUT2D eigenvalue weighted by atomic mass is 16.5. The van der Waals surface area contributed by atoms with Gasteiger partial charge >= 0.3 is 0 Å².